The molecule has 0 aromatic carbocycles. The van der Waals surface area contributed by atoms with Crippen molar-refractivity contribution in [2.24, 2.45) is 0 Å². The van der Waals surface area contributed by atoms with Gasteiger partial charge < -0.3 is 14.9 Å². The normalized spacial score (nSPS) is 38.2. The summed E-state index contributed by atoms with van der Waals surface area (Å²) in [5, 5.41) is 17.6. The molecule has 1 fully saturated rings. The van der Waals surface area contributed by atoms with Crippen LogP contribution in [0, 0.1) is 0 Å². The van der Waals surface area contributed by atoms with Gasteiger partial charge in [0.15, 0.2) is 0 Å². The van der Waals surface area contributed by atoms with Gasteiger partial charge in [0.05, 0.1) is 13.2 Å². The Morgan fingerprint density at radius 3 is 2.62 bits per heavy atom. The molecule has 1 atom stereocenters. The smallest absolute Gasteiger partial charge is 0.113 e. The SMILES string of the molecule is OC[C@@]1(O)CCOC1. The van der Waals surface area contributed by atoms with Crippen molar-refractivity contribution < 1.29 is 14.9 Å². The number of hydrogen-bond acceptors (Lipinski definition) is 3. The Labute approximate surface area is 47.9 Å². The molecule has 1 heterocycles. The van der Waals surface area contributed by atoms with E-state index in [2.05, 4.69) is 0 Å². The summed E-state index contributed by atoms with van der Waals surface area (Å²) in [4.78, 5) is 0. The Bertz CT molecular complexity index is 75.7. The van der Waals surface area contributed by atoms with Gasteiger partial charge in [-0.1, -0.05) is 0 Å². The summed E-state index contributed by atoms with van der Waals surface area (Å²) >= 11 is 0. The second-order valence-electron chi connectivity index (χ2n) is 2.19. The Hall–Kier alpha value is -0.120. The van der Waals surface area contributed by atoms with E-state index in [0.29, 0.717) is 13.0 Å². The average Bonchev–Trinajstić information content (AvgIpc) is 2.17. The van der Waals surface area contributed by atoms with Crippen LogP contribution in [0.15, 0.2) is 0 Å². The molecule has 2 N–H and O–H groups in total. The number of aliphatic hydroxyl groups is 2. The van der Waals surface area contributed by atoms with Crippen LogP contribution in [0.3, 0.4) is 0 Å². The minimum atomic E-state index is -0.931. The van der Waals surface area contributed by atoms with Gasteiger partial charge in [-0.15, -0.1) is 0 Å². The van der Waals surface area contributed by atoms with Crippen LogP contribution in [0.1, 0.15) is 6.42 Å². The van der Waals surface area contributed by atoms with Gasteiger partial charge in [-0.2, -0.15) is 0 Å². The van der Waals surface area contributed by atoms with Crippen LogP contribution in [-0.2, 0) is 4.74 Å². The predicted octanol–water partition coefficient (Wildman–Crippen LogP) is -0.870. The van der Waals surface area contributed by atoms with Crippen LogP contribution < -0.4 is 0 Å². The van der Waals surface area contributed by atoms with Gasteiger partial charge in [0, 0.05) is 13.0 Å². The summed E-state index contributed by atoms with van der Waals surface area (Å²) in [6.45, 7) is 0.660. The quantitative estimate of drug-likeness (QED) is 0.470. The lowest BCUT2D eigenvalue weighted by Crippen LogP contribution is -2.32. The Morgan fingerprint density at radius 1 is 1.62 bits per heavy atom. The van der Waals surface area contributed by atoms with Gasteiger partial charge in [0.1, 0.15) is 5.60 Å². The largest absolute Gasteiger partial charge is 0.393 e. The van der Waals surface area contributed by atoms with Gasteiger partial charge in [-0.3, -0.25) is 0 Å². The van der Waals surface area contributed by atoms with E-state index >= 15 is 0 Å². The highest BCUT2D eigenvalue weighted by molar-refractivity contribution is 4.80. The van der Waals surface area contributed by atoms with E-state index in [1.165, 1.54) is 0 Å². The molecule has 0 spiro atoms. The topological polar surface area (TPSA) is 49.7 Å². The third kappa shape index (κ3) is 0.992. The second-order valence-corrected chi connectivity index (χ2v) is 2.19. The Balaban J connectivity index is 2.40. The lowest BCUT2D eigenvalue weighted by atomic mass is 10.1. The monoisotopic (exact) mass is 118 g/mol. The third-order valence-electron chi connectivity index (χ3n) is 1.38. The van der Waals surface area contributed by atoms with Crippen LogP contribution in [0.25, 0.3) is 0 Å². The van der Waals surface area contributed by atoms with Crippen LogP contribution in [-0.4, -0.2) is 35.6 Å². The van der Waals surface area contributed by atoms with Gasteiger partial charge >= 0.3 is 0 Å². The zero-order valence-corrected chi connectivity index (χ0v) is 4.63. The Morgan fingerprint density at radius 2 is 2.38 bits per heavy atom. The van der Waals surface area contributed by atoms with Gasteiger partial charge in [-0.25, -0.2) is 0 Å². The maximum atomic E-state index is 9.12. The lowest BCUT2D eigenvalue weighted by molar-refractivity contribution is -0.0200. The highest BCUT2D eigenvalue weighted by atomic mass is 16.5. The zero-order chi connectivity index (χ0) is 6.04. The molecule has 0 unspecified atom stereocenters. The van der Waals surface area contributed by atoms with E-state index < -0.39 is 5.60 Å². The summed E-state index contributed by atoms with van der Waals surface area (Å²) in [7, 11) is 0. The maximum absolute atomic E-state index is 9.12. The van der Waals surface area contributed by atoms with Gasteiger partial charge in [0.2, 0.25) is 0 Å². The summed E-state index contributed by atoms with van der Waals surface area (Å²) in [5.74, 6) is 0. The molecule has 0 aliphatic carbocycles. The van der Waals surface area contributed by atoms with Gasteiger partial charge in [-0.05, 0) is 0 Å². The minimum Gasteiger partial charge on any atom is -0.393 e. The molecule has 1 saturated heterocycles. The molecule has 0 bridgehead atoms. The predicted molar refractivity (Wildman–Crippen MR) is 27.5 cm³/mol. The highest BCUT2D eigenvalue weighted by Gasteiger charge is 2.30. The van der Waals surface area contributed by atoms with E-state index in [9.17, 15) is 0 Å². The van der Waals surface area contributed by atoms with Crippen molar-refractivity contribution in [1.82, 2.24) is 0 Å². The first-order valence-corrected chi connectivity index (χ1v) is 2.68. The van der Waals surface area contributed by atoms with Crippen LogP contribution in [0.2, 0.25) is 0 Å². The number of hydrogen-bond donors (Lipinski definition) is 2. The molecule has 8 heavy (non-hydrogen) atoms. The number of rotatable bonds is 1. The molecule has 3 heteroatoms. The van der Waals surface area contributed by atoms with E-state index in [1.54, 1.807) is 0 Å². The van der Waals surface area contributed by atoms with Crippen molar-refractivity contribution in [1.29, 1.82) is 0 Å². The summed E-state index contributed by atoms with van der Waals surface area (Å²) in [6, 6.07) is 0. The molecule has 1 rings (SSSR count). The average molecular weight is 118 g/mol. The van der Waals surface area contributed by atoms with E-state index in [-0.39, 0.29) is 13.2 Å². The van der Waals surface area contributed by atoms with E-state index in [4.69, 9.17) is 14.9 Å². The molecule has 0 radical (unpaired) electrons. The lowest BCUT2D eigenvalue weighted by Gasteiger charge is -2.14. The minimum absolute atomic E-state index is 0.188. The van der Waals surface area contributed by atoms with Crippen LogP contribution >= 0.6 is 0 Å². The molecule has 48 valence electrons. The molecule has 0 aromatic heterocycles. The molecular weight excluding hydrogens is 108 g/mol. The number of ether oxygens (including phenoxy) is 1. The van der Waals surface area contributed by atoms with Crippen molar-refractivity contribution >= 4 is 0 Å². The molecule has 1 aliphatic rings. The Kier molecular flexibility index (Phi) is 1.51. The maximum Gasteiger partial charge on any atom is 0.113 e. The fraction of sp³-hybridized carbons (Fsp3) is 1.00. The molecule has 3 nitrogen and oxygen atoms in total. The van der Waals surface area contributed by atoms with Crippen molar-refractivity contribution in [3.63, 3.8) is 0 Å². The van der Waals surface area contributed by atoms with Crippen LogP contribution in [0.5, 0.6) is 0 Å². The van der Waals surface area contributed by atoms with Crippen molar-refractivity contribution in [2.75, 3.05) is 19.8 Å². The van der Waals surface area contributed by atoms with Crippen molar-refractivity contribution in [3.8, 4) is 0 Å². The summed E-state index contributed by atoms with van der Waals surface area (Å²) < 4.78 is 4.84. The van der Waals surface area contributed by atoms with E-state index in [0.717, 1.165) is 0 Å². The summed E-state index contributed by atoms with van der Waals surface area (Å²) in [5.41, 5.74) is -0.931. The number of aliphatic hydroxyl groups excluding tert-OH is 1. The first kappa shape index (κ1) is 6.01. The molecule has 0 amide bonds. The zero-order valence-electron chi connectivity index (χ0n) is 4.63. The molecule has 0 aromatic rings. The van der Waals surface area contributed by atoms with Gasteiger partial charge in [0.25, 0.3) is 0 Å². The fourth-order valence-electron chi connectivity index (χ4n) is 0.721. The fourth-order valence-corrected chi connectivity index (χ4v) is 0.721. The highest BCUT2D eigenvalue weighted by Crippen LogP contribution is 2.16. The van der Waals surface area contributed by atoms with Crippen LogP contribution in [0.4, 0.5) is 0 Å². The van der Waals surface area contributed by atoms with Crippen molar-refractivity contribution in [2.45, 2.75) is 12.0 Å². The molecule has 0 saturated carbocycles. The third-order valence-corrected chi connectivity index (χ3v) is 1.38. The second kappa shape index (κ2) is 2.01. The first-order chi connectivity index (χ1) is 3.77. The molecule has 1 aliphatic heterocycles. The first-order valence-electron chi connectivity index (χ1n) is 2.68. The van der Waals surface area contributed by atoms with E-state index in [1.807, 2.05) is 0 Å². The standard InChI is InChI=1S/C5H10O3/c6-3-5(7)1-2-8-4-5/h6-7H,1-4H2/t5-/m0/s1. The molecular formula is C5H10O3. The van der Waals surface area contributed by atoms with Crippen molar-refractivity contribution in [3.05, 3.63) is 0 Å². The summed E-state index contributed by atoms with van der Waals surface area (Å²) in [6.07, 6.45) is 0.559.